The maximum absolute atomic E-state index is 14.4. The molecule has 214 valence electrons. The Bertz CT molecular complexity index is 1580. The fourth-order valence-electron chi connectivity index (χ4n) is 4.65. The van der Waals surface area contributed by atoms with E-state index in [-0.39, 0.29) is 36.0 Å². The van der Waals surface area contributed by atoms with E-state index in [0.29, 0.717) is 34.7 Å². The topological polar surface area (TPSA) is 67.9 Å². The molecule has 6 nitrogen and oxygen atoms in total. The van der Waals surface area contributed by atoms with E-state index in [9.17, 15) is 14.0 Å². The monoisotopic (exact) mass is 564 g/mol. The number of hydrogen-bond acceptors (Lipinski definition) is 4. The molecule has 4 aromatic carbocycles. The second-order valence-electron chi connectivity index (χ2n) is 10.1. The van der Waals surface area contributed by atoms with E-state index in [1.54, 1.807) is 66.7 Å². The van der Waals surface area contributed by atoms with Crippen molar-refractivity contribution >= 4 is 23.6 Å². The fourth-order valence-corrected chi connectivity index (χ4v) is 4.65. The van der Waals surface area contributed by atoms with E-state index in [0.717, 1.165) is 24.2 Å². The number of nitrogens with zero attached hydrogens (tertiary/aromatic N) is 1. The summed E-state index contributed by atoms with van der Waals surface area (Å²) in [4.78, 5) is 27.9. The molecule has 4 aromatic rings. The van der Waals surface area contributed by atoms with Gasteiger partial charge in [0.15, 0.2) is 11.5 Å². The average molecular weight is 565 g/mol. The fraction of sp³-hybridized carbons (Fsp3) is 0.200. The Hall–Kier alpha value is -4.91. The molecule has 0 saturated heterocycles. The number of nitrogens with one attached hydrogen (secondary N) is 1. The Balaban J connectivity index is 1.27. The van der Waals surface area contributed by atoms with Gasteiger partial charge in [-0.15, -0.1) is 0 Å². The third-order valence-electron chi connectivity index (χ3n) is 7.08. The van der Waals surface area contributed by atoms with Crippen molar-refractivity contribution in [3.63, 3.8) is 0 Å². The molecule has 1 N–H and O–H groups in total. The van der Waals surface area contributed by atoms with Crippen molar-refractivity contribution in [2.45, 2.75) is 39.3 Å². The smallest absolute Gasteiger partial charge is 0.294 e. The van der Waals surface area contributed by atoms with Gasteiger partial charge in [0.1, 0.15) is 11.6 Å². The summed E-state index contributed by atoms with van der Waals surface area (Å²) < 4.78 is 26.1. The van der Waals surface area contributed by atoms with Crippen molar-refractivity contribution in [2.24, 2.45) is 0 Å². The molecule has 1 aliphatic heterocycles. The first-order valence-electron chi connectivity index (χ1n) is 14.1. The van der Waals surface area contributed by atoms with Gasteiger partial charge in [0.25, 0.3) is 11.8 Å². The Morgan fingerprint density at radius 2 is 1.69 bits per heavy atom. The first-order chi connectivity index (χ1) is 20.4. The third-order valence-corrected chi connectivity index (χ3v) is 7.08. The molecular formula is C35H33FN2O4. The zero-order valence-electron chi connectivity index (χ0n) is 23.7. The molecule has 0 aromatic heterocycles. The number of fused-ring (bicyclic) bond motifs is 1. The summed E-state index contributed by atoms with van der Waals surface area (Å²) in [5.41, 5.74) is 3.13. The van der Waals surface area contributed by atoms with Crippen LogP contribution in [-0.4, -0.2) is 18.4 Å². The number of unbranched alkanes of at least 4 members (excludes halogenated alkanes) is 1. The summed E-state index contributed by atoms with van der Waals surface area (Å²) in [6.07, 6.45) is 3.71. The highest BCUT2D eigenvalue weighted by atomic mass is 19.1. The van der Waals surface area contributed by atoms with Crippen molar-refractivity contribution < 1.29 is 23.5 Å². The molecule has 1 atom stereocenters. The number of hydrogen-bond donors (Lipinski definition) is 1. The molecule has 0 bridgehead atoms. The van der Waals surface area contributed by atoms with Crippen LogP contribution >= 0.6 is 0 Å². The SMILES string of the molecule is CCCCOc1ccc([C@H](C)NC(=O)c2ccc(/C=C3\Oc4ccccc4N(Cc4ccccc4F)C3=O)cc2)cc1. The molecule has 7 heteroatoms. The van der Waals surface area contributed by atoms with Crippen LogP contribution in [-0.2, 0) is 11.3 Å². The Morgan fingerprint density at radius 1 is 0.976 bits per heavy atom. The minimum Gasteiger partial charge on any atom is -0.494 e. The lowest BCUT2D eigenvalue weighted by molar-refractivity contribution is -0.117. The van der Waals surface area contributed by atoms with E-state index in [2.05, 4.69) is 12.2 Å². The summed E-state index contributed by atoms with van der Waals surface area (Å²) in [7, 11) is 0. The van der Waals surface area contributed by atoms with Crippen molar-refractivity contribution in [3.8, 4) is 11.5 Å². The number of benzene rings is 4. The first-order valence-corrected chi connectivity index (χ1v) is 14.1. The van der Waals surface area contributed by atoms with Gasteiger partial charge in [-0.3, -0.25) is 14.5 Å². The van der Waals surface area contributed by atoms with Crippen molar-refractivity contribution in [1.29, 1.82) is 0 Å². The Morgan fingerprint density at radius 3 is 2.43 bits per heavy atom. The molecule has 5 rings (SSSR count). The van der Waals surface area contributed by atoms with Crippen LogP contribution in [0.15, 0.2) is 103 Å². The highest BCUT2D eigenvalue weighted by molar-refractivity contribution is 6.09. The normalized spacial score (nSPS) is 14.2. The molecule has 42 heavy (non-hydrogen) atoms. The second-order valence-corrected chi connectivity index (χ2v) is 10.1. The number of para-hydroxylation sites is 2. The molecule has 0 aliphatic carbocycles. The van der Waals surface area contributed by atoms with Crippen LogP contribution < -0.4 is 19.7 Å². The lowest BCUT2D eigenvalue weighted by atomic mass is 10.1. The maximum atomic E-state index is 14.4. The van der Waals surface area contributed by atoms with Gasteiger partial charge in [0, 0.05) is 11.1 Å². The van der Waals surface area contributed by atoms with Gasteiger partial charge < -0.3 is 14.8 Å². The summed E-state index contributed by atoms with van der Waals surface area (Å²) in [5.74, 6) is 0.462. The van der Waals surface area contributed by atoms with Crippen molar-refractivity contribution in [2.75, 3.05) is 11.5 Å². The number of carbonyl (C=O) groups is 2. The van der Waals surface area contributed by atoms with Crippen LogP contribution in [0.1, 0.15) is 59.8 Å². The predicted octanol–water partition coefficient (Wildman–Crippen LogP) is 7.46. The first kappa shape index (κ1) is 28.6. The van der Waals surface area contributed by atoms with Crippen LogP contribution in [0.4, 0.5) is 10.1 Å². The van der Waals surface area contributed by atoms with Gasteiger partial charge >= 0.3 is 0 Å². The summed E-state index contributed by atoms with van der Waals surface area (Å²) >= 11 is 0. The predicted molar refractivity (Wildman–Crippen MR) is 162 cm³/mol. The number of anilines is 1. The van der Waals surface area contributed by atoms with Gasteiger partial charge in [-0.1, -0.05) is 67.9 Å². The van der Waals surface area contributed by atoms with Crippen molar-refractivity contribution in [1.82, 2.24) is 5.32 Å². The highest BCUT2D eigenvalue weighted by Crippen LogP contribution is 2.36. The molecule has 0 unspecified atom stereocenters. The van der Waals surface area contributed by atoms with Gasteiger partial charge in [-0.25, -0.2) is 4.39 Å². The summed E-state index contributed by atoms with van der Waals surface area (Å²) in [6, 6.07) is 28.0. The third kappa shape index (κ3) is 6.69. The number of carbonyl (C=O) groups excluding carboxylic acids is 2. The minimum absolute atomic E-state index is 0.0646. The van der Waals surface area contributed by atoms with E-state index < -0.39 is 0 Å². The number of rotatable bonds is 10. The van der Waals surface area contributed by atoms with Crippen LogP contribution in [0, 0.1) is 5.82 Å². The summed E-state index contributed by atoms with van der Waals surface area (Å²) in [5, 5.41) is 3.03. The highest BCUT2D eigenvalue weighted by Gasteiger charge is 2.30. The van der Waals surface area contributed by atoms with Crippen LogP contribution in [0.25, 0.3) is 6.08 Å². The van der Waals surface area contributed by atoms with Crippen LogP contribution in [0.3, 0.4) is 0 Å². The molecule has 1 aliphatic rings. The molecule has 0 fully saturated rings. The lowest BCUT2D eigenvalue weighted by Gasteiger charge is -2.30. The van der Waals surface area contributed by atoms with Crippen LogP contribution in [0.5, 0.6) is 11.5 Å². The lowest BCUT2D eigenvalue weighted by Crippen LogP contribution is -2.37. The minimum atomic E-state index is -0.380. The zero-order chi connectivity index (χ0) is 29.5. The largest absolute Gasteiger partial charge is 0.494 e. The number of ether oxygens (including phenoxy) is 2. The molecule has 0 saturated carbocycles. The number of amides is 2. The average Bonchev–Trinajstić information content (AvgIpc) is 3.01. The van der Waals surface area contributed by atoms with Gasteiger partial charge in [0.2, 0.25) is 0 Å². The Labute approximate surface area is 245 Å². The zero-order valence-corrected chi connectivity index (χ0v) is 23.7. The molecular weight excluding hydrogens is 531 g/mol. The molecule has 0 radical (unpaired) electrons. The van der Waals surface area contributed by atoms with Crippen LogP contribution in [0.2, 0.25) is 0 Å². The maximum Gasteiger partial charge on any atom is 0.294 e. The van der Waals surface area contributed by atoms with Gasteiger partial charge in [0.05, 0.1) is 24.9 Å². The molecule has 0 spiro atoms. The molecule has 2 amide bonds. The van der Waals surface area contributed by atoms with E-state index in [1.165, 1.54) is 11.0 Å². The quantitative estimate of drug-likeness (QED) is 0.160. The summed E-state index contributed by atoms with van der Waals surface area (Å²) in [6.45, 7) is 4.81. The van der Waals surface area contributed by atoms with Gasteiger partial charge in [-0.2, -0.15) is 0 Å². The standard InChI is InChI=1S/C35H33FN2O4/c1-3-4-21-41-29-19-17-26(18-20-29)24(2)37-34(39)27-15-13-25(14-16-27)22-33-35(40)38(23-28-9-5-6-10-30(28)36)31-11-7-8-12-32(31)42-33/h5-20,22,24H,3-4,21,23H2,1-2H3,(H,37,39)/b33-22-/t24-/m0/s1. The molecule has 1 heterocycles. The van der Waals surface area contributed by atoms with Gasteiger partial charge in [-0.05, 0) is 73.0 Å². The van der Waals surface area contributed by atoms with Crippen molar-refractivity contribution in [3.05, 3.63) is 131 Å². The van der Waals surface area contributed by atoms with E-state index >= 15 is 0 Å². The Kier molecular flexibility index (Phi) is 8.97. The van der Waals surface area contributed by atoms with E-state index in [1.807, 2.05) is 37.3 Å². The second kappa shape index (κ2) is 13.2. The van der Waals surface area contributed by atoms with E-state index in [4.69, 9.17) is 9.47 Å². The number of halogens is 1.